The summed E-state index contributed by atoms with van der Waals surface area (Å²) in [5, 5.41) is 25.0. The molecular formula is C31H26N2O10. The minimum atomic E-state index is -1.40. The first-order chi connectivity index (χ1) is 20.7. The van der Waals surface area contributed by atoms with Crippen LogP contribution in [0, 0.1) is 0 Å². The summed E-state index contributed by atoms with van der Waals surface area (Å²) in [4.78, 5) is 59.9. The molecule has 3 aromatic rings. The number of phenolic OH excluding ortho intramolecular Hbond substituents is 2. The van der Waals surface area contributed by atoms with Crippen molar-refractivity contribution in [2.24, 2.45) is 0 Å². The van der Waals surface area contributed by atoms with Gasteiger partial charge in [-0.3, -0.25) is 24.5 Å². The van der Waals surface area contributed by atoms with E-state index < -0.39 is 41.5 Å². The van der Waals surface area contributed by atoms with E-state index in [0.717, 1.165) is 0 Å². The van der Waals surface area contributed by atoms with Crippen molar-refractivity contribution in [1.82, 2.24) is 10.6 Å². The van der Waals surface area contributed by atoms with E-state index in [-0.39, 0.29) is 41.4 Å². The highest BCUT2D eigenvalue weighted by Crippen LogP contribution is 2.57. The first kappa shape index (κ1) is 27.8. The van der Waals surface area contributed by atoms with Gasteiger partial charge in [0.15, 0.2) is 11.7 Å². The molecule has 0 bridgehead atoms. The fraction of sp³-hybridized carbons (Fsp3) is 0.258. The Hall–Kier alpha value is -5.39. The Bertz CT molecular complexity index is 1630. The van der Waals surface area contributed by atoms with Gasteiger partial charge in [-0.25, -0.2) is 4.79 Å². The normalized spacial score (nSPS) is 18.0. The molecule has 2 unspecified atom stereocenters. The van der Waals surface area contributed by atoms with Crippen LogP contribution in [0.25, 0.3) is 0 Å². The number of hydrogen-bond donors (Lipinski definition) is 4. The number of aromatic hydroxyl groups is 2. The third kappa shape index (κ3) is 4.90. The highest BCUT2D eigenvalue weighted by molar-refractivity contribution is 6.05. The van der Waals surface area contributed by atoms with Crippen LogP contribution in [0.5, 0.6) is 23.0 Å². The maximum absolute atomic E-state index is 13.4. The molecule has 1 saturated heterocycles. The number of hydrogen-bond acceptors (Lipinski definition) is 10. The minimum absolute atomic E-state index is 0.0246. The van der Waals surface area contributed by atoms with Gasteiger partial charge < -0.3 is 29.7 Å². The van der Waals surface area contributed by atoms with Crippen molar-refractivity contribution in [3.05, 3.63) is 82.4 Å². The Labute approximate surface area is 244 Å². The Balaban J connectivity index is 1.23. The molecule has 6 rings (SSSR count). The molecule has 3 amide bonds. The van der Waals surface area contributed by atoms with Crippen molar-refractivity contribution < 1.29 is 48.4 Å². The van der Waals surface area contributed by atoms with Crippen molar-refractivity contribution >= 4 is 30.2 Å². The molecule has 2 atom stereocenters. The van der Waals surface area contributed by atoms with Crippen LogP contribution in [0.4, 0.5) is 0 Å². The molecule has 3 aliphatic rings. The van der Waals surface area contributed by atoms with Gasteiger partial charge in [-0.15, -0.1) is 0 Å². The molecule has 0 aliphatic carbocycles. The highest BCUT2D eigenvalue weighted by Gasteiger charge is 2.53. The lowest BCUT2D eigenvalue weighted by molar-refractivity contribution is -0.154. The summed E-state index contributed by atoms with van der Waals surface area (Å²) in [5.74, 6) is -1.88. The van der Waals surface area contributed by atoms with E-state index in [0.29, 0.717) is 47.9 Å². The van der Waals surface area contributed by atoms with Crippen molar-refractivity contribution in [3.63, 3.8) is 0 Å². The molecule has 43 heavy (non-hydrogen) atoms. The molecule has 220 valence electrons. The van der Waals surface area contributed by atoms with Gasteiger partial charge in [0, 0.05) is 35.2 Å². The Morgan fingerprint density at radius 1 is 1.00 bits per heavy atom. The molecule has 0 aromatic heterocycles. The molecule has 3 heterocycles. The quantitative estimate of drug-likeness (QED) is 0.126. The number of esters is 2. The molecule has 12 heteroatoms. The van der Waals surface area contributed by atoms with Crippen LogP contribution in [-0.4, -0.2) is 46.5 Å². The minimum Gasteiger partial charge on any atom is -0.508 e. The monoisotopic (exact) mass is 586 g/mol. The van der Waals surface area contributed by atoms with E-state index in [9.17, 15) is 34.2 Å². The molecule has 0 saturated carbocycles. The van der Waals surface area contributed by atoms with Crippen LogP contribution in [0.3, 0.4) is 0 Å². The van der Waals surface area contributed by atoms with Gasteiger partial charge in [-0.1, -0.05) is 18.6 Å². The van der Waals surface area contributed by atoms with Crippen molar-refractivity contribution in [3.8, 4) is 23.0 Å². The van der Waals surface area contributed by atoms with Gasteiger partial charge in [0.2, 0.25) is 12.3 Å². The number of fused-ring (bicyclic) bond motifs is 6. The second-order valence-electron chi connectivity index (χ2n) is 10.5. The van der Waals surface area contributed by atoms with Crippen LogP contribution < -0.4 is 15.4 Å². The molecule has 4 N–H and O–H groups in total. The van der Waals surface area contributed by atoms with Crippen molar-refractivity contribution in [2.75, 3.05) is 0 Å². The Morgan fingerprint density at radius 3 is 2.30 bits per heavy atom. The number of carbonyl (C=O) groups is 5. The van der Waals surface area contributed by atoms with Gasteiger partial charge in [0.05, 0.1) is 18.0 Å². The van der Waals surface area contributed by atoms with Crippen LogP contribution in [0.1, 0.15) is 70.8 Å². The van der Waals surface area contributed by atoms with Crippen LogP contribution in [0.2, 0.25) is 0 Å². The molecule has 12 nitrogen and oxygen atoms in total. The lowest BCUT2D eigenvalue weighted by Crippen LogP contribution is -2.33. The van der Waals surface area contributed by atoms with E-state index >= 15 is 0 Å². The number of carbonyl (C=O) groups excluding carboxylic acids is 5. The summed E-state index contributed by atoms with van der Waals surface area (Å²) in [7, 11) is 0. The average molecular weight is 587 g/mol. The summed E-state index contributed by atoms with van der Waals surface area (Å²) in [6.45, 7) is 0. The first-order valence-electron chi connectivity index (χ1n) is 13.6. The van der Waals surface area contributed by atoms with E-state index in [2.05, 4.69) is 10.6 Å². The predicted octanol–water partition coefficient (Wildman–Crippen LogP) is 2.97. The summed E-state index contributed by atoms with van der Waals surface area (Å²) in [6, 6.07) is 13.7. The topological polar surface area (TPSA) is 178 Å². The second-order valence-corrected chi connectivity index (χ2v) is 10.5. The van der Waals surface area contributed by atoms with E-state index in [4.69, 9.17) is 14.2 Å². The zero-order chi connectivity index (χ0) is 30.3. The first-order valence-corrected chi connectivity index (χ1v) is 13.6. The van der Waals surface area contributed by atoms with E-state index in [1.54, 1.807) is 30.3 Å². The third-order valence-corrected chi connectivity index (χ3v) is 7.79. The van der Waals surface area contributed by atoms with Crippen LogP contribution >= 0.6 is 0 Å². The van der Waals surface area contributed by atoms with Gasteiger partial charge >= 0.3 is 11.9 Å². The zero-order valence-electron chi connectivity index (χ0n) is 22.6. The summed E-state index contributed by atoms with van der Waals surface area (Å²) < 4.78 is 17.2. The maximum atomic E-state index is 13.4. The maximum Gasteiger partial charge on any atom is 0.340 e. The molecule has 0 radical (unpaired) electrons. The standard InChI is InChI=1S/C31H26N2O10/c34-15-32-23(3-1-2-4-28(38)42-26-14-27(37)33-29(26)39)16-5-8-20-19(11-16)30(40)43-31(20)21-9-6-17(35)12-24(21)41-25-13-18(36)7-10-22(25)31/h5-13,15,23,26,35-36H,1-4,14H2,(H,32,34)(H,33,37,39). The van der Waals surface area contributed by atoms with Crippen molar-refractivity contribution in [2.45, 2.75) is 49.9 Å². The van der Waals surface area contributed by atoms with Crippen LogP contribution in [0.15, 0.2) is 54.6 Å². The fourth-order valence-electron chi connectivity index (χ4n) is 5.83. The largest absolute Gasteiger partial charge is 0.508 e. The number of rotatable bonds is 9. The van der Waals surface area contributed by atoms with Crippen molar-refractivity contribution in [1.29, 1.82) is 0 Å². The second kappa shape index (κ2) is 10.8. The highest BCUT2D eigenvalue weighted by atomic mass is 16.6. The summed E-state index contributed by atoms with van der Waals surface area (Å²) in [5.41, 5.74) is 1.06. The number of nitrogens with one attached hydrogen (secondary N) is 2. The number of phenols is 2. The van der Waals surface area contributed by atoms with E-state index in [1.165, 1.54) is 24.3 Å². The summed E-state index contributed by atoms with van der Waals surface area (Å²) >= 11 is 0. The van der Waals surface area contributed by atoms with Gasteiger partial charge in [0.25, 0.3) is 5.91 Å². The molecule has 3 aromatic carbocycles. The number of ether oxygens (including phenoxy) is 3. The van der Waals surface area contributed by atoms with Gasteiger partial charge in [0.1, 0.15) is 23.0 Å². The molecule has 3 aliphatic heterocycles. The Morgan fingerprint density at radius 2 is 1.67 bits per heavy atom. The average Bonchev–Trinajstić information content (AvgIpc) is 3.44. The molecule has 1 spiro atoms. The Kier molecular flexibility index (Phi) is 6.96. The lowest BCUT2D eigenvalue weighted by atomic mass is 9.77. The zero-order valence-corrected chi connectivity index (χ0v) is 22.6. The summed E-state index contributed by atoms with van der Waals surface area (Å²) in [6.07, 6.45) is 0.639. The van der Waals surface area contributed by atoms with Gasteiger partial charge in [-0.2, -0.15) is 0 Å². The predicted molar refractivity (Wildman–Crippen MR) is 146 cm³/mol. The number of unbranched alkanes of at least 4 members (excludes halogenated alkanes) is 1. The van der Waals surface area contributed by atoms with Crippen LogP contribution in [-0.2, 0) is 34.3 Å². The number of amides is 3. The van der Waals surface area contributed by atoms with Gasteiger partial charge in [-0.05, 0) is 48.7 Å². The fourth-order valence-corrected chi connectivity index (χ4v) is 5.83. The smallest absolute Gasteiger partial charge is 0.340 e. The molecule has 1 fully saturated rings. The SMILES string of the molecule is O=CNC(CCCCC(=O)OC1CC(=O)NC1=O)c1ccc2c(c1)C(=O)OC21c2ccc(O)cc2Oc2cc(O)ccc21. The number of imide groups is 1. The number of benzene rings is 3. The molecular weight excluding hydrogens is 560 g/mol. The third-order valence-electron chi connectivity index (χ3n) is 7.79. The van der Waals surface area contributed by atoms with E-state index in [1.807, 2.05) is 0 Å². The lowest BCUT2D eigenvalue weighted by Gasteiger charge is -2.36.